The molecule has 1 aromatic carbocycles. The van der Waals surface area contributed by atoms with Crippen molar-refractivity contribution in [2.24, 2.45) is 5.10 Å². The number of nitrogens with one attached hydrogen (secondary N) is 1. The van der Waals surface area contributed by atoms with Crippen molar-refractivity contribution in [1.29, 1.82) is 0 Å². The number of hydrazone groups is 1. The van der Waals surface area contributed by atoms with E-state index in [0.717, 1.165) is 17.4 Å². The first kappa shape index (κ1) is 11.9. The van der Waals surface area contributed by atoms with Crippen LogP contribution in [0.5, 0.6) is 0 Å². The standard InChI is InChI=1S/C9H9ClN2O2S/c10-7-1-3-8(4-2-7)12-11-6-15-5-9(13)14/h1-4,6,12H,5H2,(H,13,14). The Bertz CT molecular complexity index is 354. The molecule has 0 atom stereocenters. The van der Waals surface area contributed by atoms with E-state index in [2.05, 4.69) is 10.5 Å². The first-order valence-electron chi connectivity index (χ1n) is 4.05. The number of nitrogens with zero attached hydrogens (tertiary/aromatic N) is 1. The summed E-state index contributed by atoms with van der Waals surface area (Å²) in [5, 5.41) is 12.8. The summed E-state index contributed by atoms with van der Waals surface area (Å²) in [6.07, 6.45) is 0. The molecular weight excluding hydrogens is 236 g/mol. The van der Waals surface area contributed by atoms with E-state index in [9.17, 15) is 4.79 Å². The van der Waals surface area contributed by atoms with Gasteiger partial charge in [0.15, 0.2) is 0 Å². The van der Waals surface area contributed by atoms with E-state index in [1.807, 2.05) is 0 Å². The van der Waals surface area contributed by atoms with Crippen molar-refractivity contribution in [3.63, 3.8) is 0 Å². The van der Waals surface area contributed by atoms with Crippen LogP contribution in [0.25, 0.3) is 0 Å². The van der Waals surface area contributed by atoms with Crippen LogP contribution in [0.3, 0.4) is 0 Å². The van der Waals surface area contributed by atoms with Crippen LogP contribution in [-0.2, 0) is 4.79 Å². The van der Waals surface area contributed by atoms with Gasteiger partial charge in [0.2, 0.25) is 0 Å². The van der Waals surface area contributed by atoms with Crippen LogP contribution in [0.4, 0.5) is 5.69 Å². The Labute approximate surface area is 96.3 Å². The van der Waals surface area contributed by atoms with Crippen LogP contribution < -0.4 is 5.43 Å². The minimum Gasteiger partial charge on any atom is -0.481 e. The van der Waals surface area contributed by atoms with Gasteiger partial charge in [0.1, 0.15) is 0 Å². The fourth-order valence-electron chi connectivity index (χ4n) is 0.771. The summed E-state index contributed by atoms with van der Waals surface area (Å²) in [7, 11) is 0. The SMILES string of the molecule is O=C(O)CSC=NNc1ccc(Cl)cc1. The summed E-state index contributed by atoms with van der Waals surface area (Å²) in [5.74, 6) is -0.857. The Morgan fingerprint density at radius 2 is 2.20 bits per heavy atom. The second-order valence-corrected chi connectivity index (χ2v) is 3.83. The van der Waals surface area contributed by atoms with E-state index in [0.29, 0.717) is 5.02 Å². The number of aliphatic carboxylic acids is 1. The van der Waals surface area contributed by atoms with Crippen LogP contribution >= 0.6 is 23.4 Å². The molecule has 0 unspecified atom stereocenters. The van der Waals surface area contributed by atoms with Gasteiger partial charge in [-0.3, -0.25) is 10.2 Å². The van der Waals surface area contributed by atoms with Crippen LogP contribution in [0.1, 0.15) is 0 Å². The zero-order chi connectivity index (χ0) is 11.1. The molecule has 2 N–H and O–H groups in total. The molecule has 6 heteroatoms. The van der Waals surface area contributed by atoms with Gasteiger partial charge in [0.25, 0.3) is 0 Å². The average molecular weight is 245 g/mol. The van der Waals surface area contributed by atoms with Crippen LogP contribution in [0.2, 0.25) is 5.02 Å². The molecule has 0 bridgehead atoms. The highest BCUT2D eigenvalue weighted by Gasteiger charge is 1.93. The molecule has 1 aromatic rings. The van der Waals surface area contributed by atoms with Crippen molar-refractivity contribution in [1.82, 2.24) is 0 Å². The summed E-state index contributed by atoms with van der Waals surface area (Å²) in [5.41, 5.74) is 4.99. The van der Waals surface area contributed by atoms with Gasteiger partial charge < -0.3 is 5.11 Å². The minimum atomic E-state index is -0.863. The third-order valence-electron chi connectivity index (χ3n) is 1.37. The number of benzene rings is 1. The third-order valence-corrected chi connectivity index (χ3v) is 2.29. The predicted molar refractivity (Wildman–Crippen MR) is 63.7 cm³/mol. The maximum absolute atomic E-state index is 10.2. The number of carboxylic acid groups (broad SMARTS) is 1. The number of anilines is 1. The number of halogens is 1. The Balaban J connectivity index is 2.30. The molecule has 0 aliphatic carbocycles. The van der Waals surface area contributed by atoms with Crippen LogP contribution in [0, 0.1) is 0 Å². The molecule has 0 heterocycles. The van der Waals surface area contributed by atoms with E-state index in [4.69, 9.17) is 16.7 Å². The third kappa shape index (κ3) is 5.29. The van der Waals surface area contributed by atoms with Gasteiger partial charge in [-0.1, -0.05) is 11.6 Å². The summed E-state index contributed by atoms with van der Waals surface area (Å²) in [6, 6.07) is 7.04. The van der Waals surface area contributed by atoms with E-state index >= 15 is 0 Å². The Kier molecular flexibility index (Phi) is 5.00. The molecule has 0 amide bonds. The van der Waals surface area contributed by atoms with E-state index in [-0.39, 0.29) is 5.75 Å². The largest absolute Gasteiger partial charge is 0.481 e. The molecule has 80 valence electrons. The predicted octanol–water partition coefficient (Wildman–Crippen LogP) is 2.51. The normalized spacial score (nSPS) is 10.5. The molecule has 0 saturated carbocycles. The van der Waals surface area contributed by atoms with E-state index in [1.54, 1.807) is 24.3 Å². The minimum absolute atomic E-state index is 0.00575. The van der Waals surface area contributed by atoms with Gasteiger partial charge in [-0.25, -0.2) is 0 Å². The lowest BCUT2D eigenvalue weighted by atomic mass is 10.3. The van der Waals surface area contributed by atoms with E-state index < -0.39 is 5.97 Å². The van der Waals surface area contributed by atoms with Crippen molar-refractivity contribution in [3.8, 4) is 0 Å². The molecule has 0 radical (unpaired) electrons. The summed E-state index contributed by atoms with van der Waals surface area (Å²) in [6.45, 7) is 0. The molecule has 0 aliphatic heterocycles. The summed E-state index contributed by atoms with van der Waals surface area (Å²) in [4.78, 5) is 10.2. The number of carbonyl (C=O) groups is 1. The monoisotopic (exact) mass is 244 g/mol. The number of thioether (sulfide) groups is 1. The quantitative estimate of drug-likeness (QED) is 0.475. The number of hydrogen-bond donors (Lipinski definition) is 2. The zero-order valence-corrected chi connectivity index (χ0v) is 9.26. The molecule has 4 nitrogen and oxygen atoms in total. The second kappa shape index (κ2) is 6.31. The van der Waals surface area contributed by atoms with Gasteiger partial charge >= 0.3 is 5.97 Å². The van der Waals surface area contributed by atoms with Crippen molar-refractivity contribution in [3.05, 3.63) is 29.3 Å². The van der Waals surface area contributed by atoms with Crippen molar-refractivity contribution in [2.75, 3.05) is 11.2 Å². The topological polar surface area (TPSA) is 61.7 Å². The maximum Gasteiger partial charge on any atom is 0.313 e. The van der Waals surface area contributed by atoms with Gasteiger partial charge in [-0.05, 0) is 24.3 Å². The average Bonchev–Trinajstić information content (AvgIpc) is 2.20. The Hall–Kier alpha value is -1.20. The number of rotatable bonds is 5. The molecule has 0 fully saturated rings. The van der Waals surface area contributed by atoms with Crippen molar-refractivity contribution in [2.45, 2.75) is 0 Å². The van der Waals surface area contributed by atoms with Crippen LogP contribution in [0.15, 0.2) is 29.4 Å². The molecule has 0 aromatic heterocycles. The number of hydrogen-bond acceptors (Lipinski definition) is 4. The molecule has 1 rings (SSSR count). The lowest BCUT2D eigenvalue weighted by molar-refractivity contribution is -0.133. The zero-order valence-electron chi connectivity index (χ0n) is 7.68. The van der Waals surface area contributed by atoms with Gasteiger partial charge in [0.05, 0.1) is 17.0 Å². The Morgan fingerprint density at radius 1 is 1.53 bits per heavy atom. The van der Waals surface area contributed by atoms with Gasteiger partial charge in [-0.2, -0.15) is 5.10 Å². The fraction of sp³-hybridized carbons (Fsp3) is 0.111. The lowest BCUT2D eigenvalue weighted by Crippen LogP contribution is -1.97. The smallest absolute Gasteiger partial charge is 0.313 e. The molecular formula is C9H9ClN2O2S. The second-order valence-electron chi connectivity index (χ2n) is 2.56. The maximum atomic E-state index is 10.2. The Morgan fingerprint density at radius 3 is 2.80 bits per heavy atom. The first-order valence-corrected chi connectivity index (χ1v) is 5.47. The van der Waals surface area contributed by atoms with Gasteiger partial charge in [0, 0.05) is 5.02 Å². The summed E-state index contributed by atoms with van der Waals surface area (Å²) >= 11 is 6.80. The molecule has 15 heavy (non-hydrogen) atoms. The fourth-order valence-corrected chi connectivity index (χ4v) is 1.24. The molecule has 0 spiro atoms. The first-order chi connectivity index (χ1) is 7.18. The summed E-state index contributed by atoms with van der Waals surface area (Å²) < 4.78 is 0. The van der Waals surface area contributed by atoms with Crippen molar-refractivity contribution >= 4 is 40.6 Å². The van der Waals surface area contributed by atoms with Crippen LogP contribution in [-0.4, -0.2) is 22.4 Å². The van der Waals surface area contributed by atoms with E-state index in [1.165, 1.54) is 5.55 Å². The van der Waals surface area contributed by atoms with Crippen molar-refractivity contribution < 1.29 is 9.90 Å². The van der Waals surface area contributed by atoms with Gasteiger partial charge in [-0.15, -0.1) is 11.8 Å². The highest BCUT2D eigenvalue weighted by atomic mass is 35.5. The lowest BCUT2D eigenvalue weighted by Gasteiger charge is -1.98. The highest BCUT2D eigenvalue weighted by Crippen LogP contribution is 2.13. The molecule has 0 aliphatic rings. The number of carboxylic acids is 1. The molecule has 0 saturated heterocycles. The highest BCUT2D eigenvalue weighted by molar-refractivity contribution is 8.12.